The molecule has 7 heteroatoms. The first-order valence-electron chi connectivity index (χ1n) is 7.00. The molecule has 0 aliphatic carbocycles. The van der Waals surface area contributed by atoms with Crippen molar-refractivity contribution in [2.75, 3.05) is 6.54 Å². The fraction of sp³-hybridized carbons (Fsp3) is 0.429. The lowest BCUT2D eigenvalue weighted by Crippen LogP contribution is -2.47. The molecule has 1 fully saturated rings. The Morgan fingerprint density at radius 1 is 1.48 bits per heavy atom. The molecule has 0 aromatic carbocycles. The third-order valence-corrected chi connectivity index (χ3v) is 3.67. The van der Waals surface area contributed by atoms with E-state index >= 15 is 0 Å². The number of nitrogens with two attached hydrogens (primary N) is 1. The summed E-state index contributed by atoms with van der Waals surface area (Å²) in [7, 11) is 0. The van der Waals surface area contributed by atoms with Gasteiger partial charge in [-0.3, -0.25) is 14.7 Å². The first-order valence-corrected chi connectivity index (χ1v) is 7.00. The van der Waals surface area contributed by atoms with E-state index in [1.54, 1.807) is 12.4 Å². The largest absolute Gasteiger partial charge is 0.368 e. The Balaban J connectivity index is 1.73. The van der Waals surface area contributed by atoms with Gasteiger partial charge in [-0.25, -0.2) is 0 Å². The third-order valence-electron chi connectivity index (χ3n) is 3.67. The van der Waals surface area contributed by atoms with Gasteiger partial charge < -0.3 is 10.3 Å². The third kappa shape index (κ3) is 3.08. The molecule has 1 amide bonds. The Bertz CT molecular complexity index is 613. The molecule has 3 heterocycles. The van der Waals surface area contributed by atoms with Crippen LogP contribution in [0, 0.1) is 0 Å². The average molecular weight is 287 g/mol. The smallest absolute Gasteiger partial charge is 0.241 e. The quantitative estimate of drug-likeness (QED) is 0.899. The minimum atomic E-state index is -0.290. The summed E-state index contributed by atoms with van der Waals surface area (Å²) in [6.45, 7) is 1.26. The number of likely N-dealkylation sites (tertiary alicyclic amines) is 1. The molecular formula is C14H17N5O2. The van der Waals surface area contributed by atoms with Gasteiger partial charge in [0.2, 0.25) is 17.6 Å². The van der Waals surface area contributed by atoms with Crippen molar-refractivity contribution in [2.45, 2.75) is 31.8 Å². The van der Waals surface area contributed by atoms with Crippen molar-refractivity contribution >= 4 is 5.91 Å². The predicted molar refractivity (Wildman–Crippen MR) is 74.8 cm³/mol. The Morgan fingerprint density at radius 2 is 2.38 bits per heavy atom. The first-order chi connectivity index (χ1) is 10.2. The highest BCUT2D eigenvalue weighted by molar-refractivity contribution is 5.79. The van der Waals surface area contributed by atoms with Crippen LogP contribution in [0.15, 0.2) is 29.0 Å². The van der Waals surface area contributed by atoms with E-state index in [0.717, 1.165) is 31.4 Å². The van der Waals surface area contributed by atoms with Crippen LogP contribution in [0.2, 0.25) is 0 Å². The number of hydrogen-bond donors (Lipinski definition) is 1. The van der Waals surface area contributed by atoms with Gasteiger partial charge >= 0.3 is 0 Å². The second-order valence-corrected chi connectivity index (χ2v) is 5.14. The van der Waals surface area contributed by atoms with Crippen LogP contribution in [0.4, 0.5) is 0 Å². The summed E-state index contributed by atoms with van der Waals surface area (Å²) in [6.07, 6.45) is 6.23. The molecule has 7 nitrogen and oxygen atoms in total. The second kappa shape index (κ2) is 6.01. The molecule has 0 unspecified atom stereocenters. The number of primary amides is 1. The van der Waals surface area contributed by atoms with Crippen LogP contribution in [0.5, 0.6) is 0 Å². The van der Waals surface area contributed by atoms with E-state index < -0.39 is 0 Å². The maximum Gasteiger partial charge on any atom is 0.241 e. The van der Waals surface area contributed by atoms with Gasteiger partial charge in [0.15, 0.2) is 0 Å². The summed E-state index contributed by atoms with van der Waals surface area (Å²) in [5.74, 6) is 0.703. The molecule has 2 aromatic heterocycles. The van der Waals surface area contributed by atoms with Crippen molar-refractivity contribution in [3.8, 4) is 11.4 Å². The molecule has 1 aliphatic heterocycles. The molecule has 2 aromatic rings. The molecule has 21 heavy (non-hydrogen) atoms. The number of nitrogens with zero attached hydrogens (tertiary/aromatic N) is 4. The summed E-state index contributed by atoms with van der Waals surface area (Å²) in [6, 6.07) is 3.45. The number of hydrogen-bond acceptors (Lipinski definition) is 6. The summed E-state index contributed by atoms with van der Waals surface area (Å²) in [5.41, 5.74) is 6.26. The number of aromatic nitrogens is 3. The molecule has 1 saturated heterocycles. The maximum absolute atomic E-state index is 11.5. The number of pyridine rings is 1. The number of amides is 1. The molecule has 0 saturated carbocycles. The average Bonchev–Trinajstić information content (AvgIpc) is 2.97. The molecule has 1 aliphatic rings. The molecule has 110 valence electrons. The Labute approximate surface area is 122 Å². The molecule has 2 N–H and O–H groups in total. The molecule has 0 bridgehead atoms. The van der Waals surface area contributed by atoms with E-state index in [2.05, 4.69) is 15.1 Å². The monoisotopic (exact) mass is 287 g/mol. The van der Waals surface area contributed by atoms with Crippen molar-refractivity contribution in [1.82, 2.24) is 20.0 Å². The van der Waals surface area contributed by atoms with Crippen LogP contribution in [-0.4, -0.2) is 38.5 Å². The van der Waals surface area contributed by atoms with Crippen molar-refractivity contribution in [3.05, 3.63) is 30.4 Å². The standard InChI is InChI=1S/C14H17N5O2/c15-13(20)11-5-1-2-7-19(11)9-12-17-14(18-21-12)10-4-3-6-16-8-10/h3-4,6,8,11H,1-2,5,7,9H2,(H2,15,20)/t11-/m0/s1. The van der Waals surface area contributed by atoms with Gasteiger partial charge in [0.05, 0.1) is 12.6 Å². The zero-order valence-electron chi connectivity index (χ0n) is 11.6. The van der Waals surface area contributed by atoms with Gasteiger partial charge in [-0.05, 0) is 31.5 Å². The topological polar surface area (TPSA) is 98.1 Å². The van der Waals surface area contributed by atoms with Crippen molar-refractivity contribution in [2.24, 2.45) is 5.73 Å². The molecule has 0 radical (unpaired) electrons. The second-order valence-electron chi connectivity index (χ2n) is 5.14. The van der Waals surface area contributed by atoms with E-state index in [1.807, 2.05) is 17.0 Å². The van der Waals surface area contributed by atoms with E-state index in [4.69, 9.17) is 10.3 Å². The van der Waals surface area contributed by atoms with Gasteiger partial charge in [0.25, 0.3) is 0 Å². The van der Waals surface area contributed by atoms with E-state index in [0.29, 0.717) is 18.3 Å². The summed E-state index contributed by atoms with van der Waals surface area (Å²) in [4.78, 5) is 21.9. The predicted octanol–water partition coefficient (Wildman–Crippen LogP) is 0.971. The molecule has 3 rings (SSSR count). The summed E-state index contributed by atoms with van der Waals surface area (Å²) >= 11 is 0. The number of piperidine rings is 1. The first kappa shape index (κ1) is 13.7. The normalized spacial score (nSPS) is 19.5. The fourth-order valence-electron chi connectivity index (χ4n) is 2.61. The van der Waals surface area contributed by atoms with Crippen LogP contribution >= 0.6 is 0 Å². The number of carbonyl (C=O) groups excluding carboxylic acids is 1. The van der Waals surface area contributed by atoms with Gasteiger partial charge in [0, 0.05) is 18.0 Å². The zero-order valence-corrected chi connectivity index (χ0v) is 11.6. The van der Waals surface area contributed by atoms with Crippen LogP contribution < -0.4 is 5.73 Å². The van der Waals surface area contributed by atoms with Gasteiger partial charge in [-0.15, -0.1) is 0 Å². The molecule has 0 spiro atoms. The van der Waals surface area contributed by atoms with Crippen LogP contribution in [0.1, 0.15) is 25.2 Å². The number of rotatable bonds is 4. The Morgan fingerprint density at radius 3 is 3.14 bits per heavy atom. The van der Waals surface area contributed by atoms with E-state index in [1.165, 1.54) is 0 Å². The van der Waals surface area contributed by atoms with Crippen molar-refractivity contribution < 1.29 is 9.32 Å². The molecule has 1 atom stereocenters. The summed E-state index contributed by atoms with van der Waals surface area (Å²) < 4.78 is 5.27. The lowest BCUT2D eigenvalue weighted by atomic mass is 10.0. The van der Waals surface area contributed by atoms with Gasteiger partial charge in [0.1, 0.15) is 0 Å². The Hall–Kier alpha value is -2.28. The highest BCUT2D eigenvalue weighted by atomic mass is 16.5. The zero-order chi connectivity index (χ0) is 14.7. The maximum atomic E-state index is 11.5. The minimum absolute atomic E-state index is 0.243. The van der Waals surface area contributed by atoms with Crippen molar-refractivity contribution in [1.29, 1.82) is 0 Å². The lowest BCUT2D eigenvalue weighted by Gasteiger charge is -2.32. The number of carbonyl (C=O) groups is 1. The van der Waals surface area contributed by atoms with Crippen LogP contribution in [0.25, 0.3) is 11.4 Å². The summed E-state index contributed by atoms with van der Waals surface area (Å²) in [5, 5.41) is 3.95. The van der Waals surface area contributed by atoms with Crippen LogP contribution in [0.3, 0.4) is 0 Å². The highest BCUT2D eigenvalue weighted by Crippen LogP contribution is 2.20. The SMILES string of the molecule is NC(=O)[C@@H]1CCCCN1Cc1nc(-c2cccnc2)no1. The minimum Gasteiger partial charge on any atom is -0.368 e. The Kier molecular flexibility index (Phi) is 3.92. The van der Waals surface area contributed by atoms with Gasteiger partial charge in [-0.1, -0.05) is 11.6 Å². The highest BCUT2D eigenvalue weighted by Gasteiger charge is 2.28. The van der Waals surface area contributed by atoms with E-state index in [9.17, 15) is 4.79 Å². The van der Waals surface area contributed by atoms with Crippen LogP contribution in [-0.2, 0) is 11.3 Å². The molecular weight excluding hydrogens is 270 g/mol. The van der Waals surface area contributed by atoms with Gasteiger partial charge in [-0.2, -0.15) is 4.98 Å². The van der Waals surface area contributed by atoms with E-state index in [-0.39, 0.29) is 11.9 Å². The fourth-order valence-corrected chi connectivity index (χ4v) is 2.61. The van der Waals surface area contributed by atoms with Crippen molar-refractivity contribution in [3.63, 3.8) is 0 Å². The lowest BCUT2D eigenvalue weighted by molar-refractivity contribution is -0.124.